The van der Waals surface area contributed by atoms with E-state index < -0.39 is 13.7 Å². The summed E-state index contributed by atoms with van der Waals surface area (Å²) < 4.78 is 26.4. The Morgan fingerprint density at radius 1 is 1.16 bits per heavy atom. The molecule has 3 heterocycles. The van der Waals surface area contributed by atoms with Crippen LogP contribution in [0.3, 0.4) is 0 Å². The summed E-state index contributed by atoms with van der Waals surface area (Å²) in [5.74, 6) is 0.706. The number of nitrogens with zero attached hydrogens (tertiary/aromatic N) is 5. The molecule has 44 heavy (non-hydrogen) atoms. The smallest absolute Gasteiger partial charge is 0.325 e. The maximum atomic E-state index is 14.2. The van der Waals surface area contributed by atoms with Gasteiger partial charge in [0.2, 0.25) is 5.95 Å². The Morgan fingerprint density at radius 3 is 2.48 bits per heavy atom. The van der Waals surface area contributed by atoms with Crippen molar-refractivity contribution >= 4 is 29.4 Å². The molecule has 0 bridgehead atoms. The van der Waals surface area contributed by atoms with Gasteiger partial charge < -0.3 is 19.1 Å². The summed E-state index contributed by atoms with van der Waals surface area (Å²) in [4.78, 5) is 44.0. The number of rotatable bonds is 8. The van der Waals surface area contributed by atoms with Crippen molar-refractivity contribution in [3.63, 3.8) is 0 Å². The molecule has 1 amide bonds. The second-order valence-electron chi connectivity index (χ2n) is 11.3. The zero-order valence-corrected chi connectivity index (χ0v) is 27.9. The molecule has 0 saturated heterocycles. The highest BCUT2D eigenvalue weighted by molar-refractivity contribution is 9.10. The molecule has 0 fully saturated rings. The second kappa shape index (κ2) is 12.4. The quantitative estimate of drug-likeness (QED) is 0.248. The van der Waals surface area contributed by atoms with Gasteiger partial charge in [0, 0.05) is 34.0 Å². The number of hydrogen-bond acceptors (Lipinski definition) is 7. The van der Waals surface area contributed by atoms with E-state index in [1.54, 1.807) is 46.8 Å². The van der Waals surface area contributed by atoms with Crippen LogP contribution < -0.4 is 10.3 Å². The Morgan fingerprint density at radius 2 is 1.86 bits per heavy atom. The fourth-order valence-electron chi connectivity index (χ4n) is 5.34. The van der Waals surface area contributed by atoms with Crippen molar-refractivity contribution in [2.24, 2.45) is 0 Å². The number of benzene rings is 2. The van der Waals surface area contributed by atoms with Gasteiger partial charge in [-0.2, -0.15) is 5.10 Å². The number of halogens is 1. The lowest BCUT2D eigenvalue weighted by Gasteiger charge is -2.34. The molecule has 5 rings (SSSR count). The van der Waals surface area contributed by atoms with E-state index in [1.165, 1.54) is 4.57 Å². The predicted octanol–water partition coefficient (Wildman–Crippen LogP) is 5.29. The van der Waals surface area contributed by atoms with Crippen LogP contribution in [0.5, 0.6) is 5.75 Å². The van der Waals surface area contributed by atoms with E-state index in [1.807, 2.05) is 45.9 Å². The molecule has 3 atom stereocenters. The minimum absolute atomic E-state index is 0.0715. The number of amides is 1. The average molecular weight is 685 g/mol. The number of ether oxygens (including phenoxy) is 1. The molecular formula is C31H35BrN5O6P. The van der Waals surface area contributed by atoms with Crippen LogP contribution in [0, 0.1) is 20.8 Å². The van der Waals surface area contributed by atoms with Crippen LogP contribution in [0.15, 0.2) is 57.8 Å². The van der Waals surface area contributed by atoms with Crippen molar-refractivity contribution in [2.75, 3.05) is 13.3 Å². The van der Waals surface area contributed by atoms with E-state index in [2.05, 4.69) is 21.0 Å². The molecule has 0 radical (unpaired) electrons. The monoisotopic (exact) mass is 683 g/mol. The molecule has 3 unspecified atom stereocenters. The Hall–Kier alpha value is -3.57. The largest absolute Gasteiger partial charge is 0.491 e. The summed E-state index contributed by atoms with van der Waals surface area (Å²) in [5, 5.41) is 4.61. The summed E-state index contributed by atoms with van der Waals surface area (Å²) >= 11 is 3.50. The maximum Gasteiger partial charge on any atom is 0.325 e. The predicted molar refractivity (Wildman–Crippen MR) is 170 cm³/mol. The molecular weight excluding hydrogens is 649 g/mol. The lowest BCUT2D eigenvalue weighted by atomic mass is 9.98. The highest BCUT2D eigenvalue weighted by Crippen LogP contribution is 2.38. The van der Waals surface area contributed by atoms with Gasteiger partial charge in [-0.1, -0.05) is 15.9 Å². The third kappa shape index (κ3) is 6.73. The molecule has 1 N–H and O–H groups in total. The first kappa shape index (κ1) is 31.8. The summed E-state index contributed by atoms with van der Waals surface area (Å²) in [5.41, 5.74) is 4.55. The number of fused-ring (bicyclic) bond motifs is 1. The first-order valence-corrected chi connectivity index (χ1v) is 17.0. The minimum atomic E-state index is -3.63. The highest BCUT2D eigenvalue weighted by atomic mass is 79.9. The topological polar surface area (TPSA) is 129 Å². The standard InChI is InChI=1S/C31H35BrN5O6P/c1-18-13-23(7-12-27(18)32)29(38)35-16-28-26(15-20(35)3)30(39)36(31(33-28)37-21(4)14-19(2)34-37)24-8-10-25(11-9-24)42-17-22(5)43-44(6,40)41/h7-14,20,22H,15-17H2,1-6H3,(H,40,41). The summed E-state index contributed by atoms with van der Waals surface area (Å²) in [6.07, 6.45) is -0.243. The third-order valence-corrected chi connectivity index (χ3v) is 9.06. The van der Waals surface area contributed by atoms with Gasteiger partial charge in [-0.05, 0) is 95.1 Å². The minimum Gasteiger partial charge on any atom is -0.491 e. The molecule has 0 aliphatic carbocycles. The van der Waals surface area contributed by atoms with E-state index in [0.717, 1.165) is 28.1 Å². The lowest BCUT2D eigenvalue weighted by molar-refractivity contribution is 0.0652. The van der Waals surface area contributed by atoms with E-state index >= 15 is 0 Å². The molecule has 2 aromatic heterocycles. The third-order valence-electron chi connectivity index (χ3n) is 7.42. The van der Waals surface area contributed by atoms with Crippen LogP contribution in [-0.2, 0) is 22.1 Å². The zero-order chi connectivity index (χ0) is 31.9. The van der Waals surface area contributed by atoms with Crippen LogP contribution in [0.25, 0.3) is 11.6 Å². The van der Waals surface area contributed by atoms with Crippen molar-refractivity contribution < 1.29 is 23.5 Å². The molecule has 0 saturated carbocycles. The van der Waals surface area contributed by atoms with Crippen molar-refractivity contribution in [1.29, 1.82) is 0 Å². The Balaban J connectivity index is 1.52. The van der Waals surface area contributed by atoms with Crippen molar-refractivity contribution in [1.82, 2.24) is 24.2 Å². The van der Waals surface area contributed by atoms with Crippen LogP contribution in [0.1, 0.15) is 52.4 Å². The van der Waals surface area contributed by atoms with E-state index in [-0.39, 0.29) is 30.7 Å². The lowest BCUT2D eigenvalue weighted by Crippen LogP contribution is -2.46. The van der Waals surface area contributed by atoms with Crippen molar-refractivity contribution in [3.05, 3.63) is 97.1 Å². The summed E-state index contributed by atoms with van der Waals surface area (Å²) in [7, 11) is -3.63. The fraction of sp³-hybridized carbons (Fsp3) is 0.355. The fourth-order valence-corrected chi connectivity index (χ4v) is 6.31. The zero-order valence-electron chi connectivity index (χ0n) is 25.4. The number of carbonyl (C=O) groups excluding carboxylic acids is 1. The van der Waals surface area contributed by atoms with Gasteiger partial charge in [-0.3, -0.25) is 14.2 Å². The van der Waals surface area contributed by atoms with Crippen LogP contribution >= 0.6 is 23.5 Å². The van der Waals surface area contributed by atoms with E-state index in [0.29, 0.717) is 40.6 Å². The van der Waals surface area contributed by atoms with Gasteiger partial charge in [0.25, 0.3) is 11.5 Å². The molecule has 2 aromatic carbocycles. The Kier molecular flexibility index (Phi) is 9.00. The molecule has 11 nitrogen and oxygen atoms in total. The van der Waals surface area contributed by atoms with Crippen LogP contribution in [-0.4, -0.2) is 60.4 Å². The summed E-state index contributed by atoms with van der Waals surface area (Å²) in [6, 6.07) is 14.1. The highest BCUT2D eigenvalue weighted by Gasteiger charge is 2.32. The number of aryl methyl sites for hydroxylation is 3. The normalized spacial score (nSPS) is 16.7. The van der Waals surface area contributed by atoms with Crippen molar-refractivity contribution in [3.8, 4) is 17.4 Å². The van der Waals surface area contributed by atoms with Crippen LogP contribution in [0.2, 0.25) is 0 Å². The maximum absolute atomic E-state index is 14.2. The first-order valence-electron chi connectivity index (χ1n) is 14.2. The first-order chi connectivity index (χ1) is 20.7. The van der Waals surface area contributed by atoms with Gasteiger partial charge in [0.05, 0.1) is 29.7 Å². The second-order valence-corrected chi connectivity index (χ2v) is 14.0. The van der Waals surface area contributed by atoms with Crippen LogP contribution in [0.4, 0.5) is 0 Å². The molecule has 232 valence electrons. The Bertz CT molecular complexity index is 1830. The van der Waals surface area contributed by atoms with Gasteiger partial charge in [-0.15, -0.1) is 0 Å². The molecule has 1 aliphatic rings. The number of aromatic nitrogens is 4. The van der Waals surface area contributed by atoms with Gasteiger partial charge in [0.15, 0.2) is 0 Å². The van der Waals surface area contributed by atoms with Gasteiger partial charge in [-0.25, -0.2) is 14.2 Å². The Labute approximate surface area is 264 Å². The molecule has 0 spiro atoms. The van der Waals surface area contributed by atoms with Gasteiger partial charge in [0.1, 0.15) is 12.4 Å². The van der Waals surface area contributed by atoms with E-state index in [9.17, 15) is 19.0 Å². The number of carbonyl (C=O) groups is 1. The molecule has 1 aliphatic heterocycles. The van der Waals surface area contributed by atoms with Gasteiger partial charge >= 0.3 is 7.60 Å². The SMILES string of the molecule is Cc1cc(C)n(-c2nc3c(c(=O)n2-c2ccc(OCC(C)OP(C)(=O)O)cc2)CC(C)N(C(=O)c2ccc(Br)c(C)c2)C3)n1. The molecule has 4 aromatic rings. The van der Waals surface area contributed by atoms with Crippen molar-refractivity contribution in [2.45, 2.75) is 59.7 Å². The number of hydrogen-bond donors (Lipinski definition) is 1. The molecule has 13 heteroatoms. The van der Waals surface area contributed by atoms with E-state index in [4.69, 9.17) is 14.2 Å². The summed E-state index contributed by atoms with van der Waals surface area (Å²) in [6.45, 7) is 10.7. The average Bonchev–Trinajstić information content (AvgIpc) is 3.29.